The molecule has 0 unspecified atom stereocenters. The minimum Gasteiger partial charge on any atom is -0.465 e. The molecule has 110 valence electrons. The van der Waals surface area contributed by atoms with Gasteiger partial charge in [-0.2, -0.15) is 0 Å². The number of carbonyl (C=O) groups is 1. The van der Waals surface area contributed by atoms with E-state index in [0.717, 1.165) is 16.7 Å². The number of ether oxygens (including phenoxy) is 1. The Bertz CT molecular complexity index is 605. The van der Waals surface area contributed by atoms with E-state index in [0.29, 0.717) is 13.0 Å². The third kappa shape index (κ3) is 4.17. The third-order valence-corrected chi connectivity index (χ3v) is 3.36. The van der Waals surface area contributed by atoms with Crippen molar-refractivity contribution in [3.63, 3.8) is 0 Å². The summed E-state index contributed by atoms with van der Waals surface area (Å²) in [5, 5.41) is 0. The largest absolute Gasteiger partial charge is 0.465 e. The highest BCUT2D eigenvalue weighted by Crippen LogP contribution is 2.21. The number of aryl methyl sites for hydroxylation is 1. The van der Waals surface area contributed by atoms with Crippen LogP contribution in [-0.4, -0.2) is 18.6 Å². The van der Waals surface area contributed by atoms with Crippen LogP contribution in [0.1, 0.15) is 18.1 Å². The highest BCUT2D eigenvalue weighted by atomic mass is 16.5. The standard InChI is InChI=1S/C18H21NO2/c1-3-21-18(20)17(19)12-14-5-4-6-16(11-14)15-9-7-13(2)8-10-15/h4-11,17H,3,12,19H2,1-2H3/t17-/m1/s1. The maximum atomic E-state index is 11.6. The van der Waals surface area contributed by atoms with E-state index in [1.165, 1.54) is 5.56 Å². The van der Waals surface area contributed by atoms with Crippen LogP contribution in [0.25, 0.3) is 11.1 Å². The fourth-order valence-electron chi connectivity index (χ4n) is 2.21. The molecule has 0 heterocycles. The molecule has 3 nitrogen and oxygen atoms in total. The van der Waals surface area contributed by atoms with E-state index in [9.17, 15) is 4.79 Å². The van der Waals surface area contributed by atoms with Crippen molar-refractivity contribution in [1.82, 2.24) is 0 Å². The summed E-state index contributed by atoms with van der Waals surface area (Å²) in [6, 6.07) is 15.9. The molecule has 0 aliphatic rings. The molecule has 2 aromatic carbocycles. The maximum Gasteiger partial charge on any atom is 0.323 e. The first-order chi connectivity index (χ1) is 10.1. The van der Waals surface area contributed by atoms with Crippen molar-refractivity contribution in [2.75, 3.05) is 6.61 Å². The Morgan fingerprint density at radius 2 is 1.86 bits per heavy atom. The van der Waals surface area contributed by atoms with Gasteiger partial charge in [-0.25, -0.2) is 0 Å². The van der Waals surface area contributed by atoms with Crippen molar-refractivity contribution >= 4 is 5.97 Å². The molecule has 21 heavy (non-hydrogen) atoms. The summed E-state index contributed by atoms with van der Waals surface area (Å²) in [4.78, 5) is 11.6. The van der Waals surface area contributed by atoms with Crippen LogP contribution >= 0.6 is 0 Å². The number of nitrogens with two attached hydrogens (primary N) is 1. The van der Waals surface area contributed by atoms with E-state index in [-0.39, 0.29) is 5.97 Å². The lowest BCUT2D eigenvalue weighted by molar-refractivity contribution is -0.144. The van der Waals surface area contributed by atoms with Gasteiger partial charge in [0, 0.05) is 0 Å². The number of benzene rings is 2. The summed E-state index contributed by atoms with van der Waals surface area (Å²) >= 11 is 0. The van der Waals surface area contributed by atoms with Gasteiger partial charge in [-0.15, -0.1) is 0 Å². The quantitative estimate of drug-likeness (QED) is 0.858. The van der Waals surface area contributed by atoms with E-state index in [2.05, 4.69) is 43.3 Å². The molecule has 0 radical (unpaired) electrons. The summed E-state index contributed by atoms with van der Waals surface area (Å²) in [6.45, 7) is 4.21. The predicted molar refractivity (Wildman–Crippen MR) is 84.9 cm³/mol. The van der Waals surface area contributed by atoms with Gasteiger partial charge in [-0.3, -0.25) is 4.79 Å². The smallest absolute Gasteiger partial charge is 0.323 e. The number of hydrogen-bond donors (Lipinski definition) is 1. The van der Waals surface area contributed by atoms with Crippen molar-refractivity contribution in [3.05, 3.63) is 59.7 Å². The minimum atomic E-state index is -0.613. The zero-order valence-corrected chi connectivity index (χ0v) is 12.5. The Morgan fingerprint density at radius 1 is 1.14 bits per heavy atom. The van der Waals surface area contributed by atoms with Crippen LogP contribution < -0.4 is 5.73 Å². The van der Waals surface area contributed by atoms with Crippen molar-refractivity contribution in [2.45, 2.75) is 26.3 Å². The lowest BCUT2D eigenvalue weighted by Crippen LogP contribution is -2.34. The van der Waals surface area contributed by atoms with Crippen LogP contribution in [0.4, 0.5) is 0 Å². The van der Waals surface area contributed by atoms with Crippen LogP contribution in [0, 0.1) is 6.92 Å². The molecule has 0 saturated heterocycles. The highest BCUT2D eigenvalue weighted by molar-refractivity contribution is 5.76. The van der Waals surface area contributed by atoms with Crippen molar-refractivity contribution < 1.29 is 9.53 Å². The Hall–Kier alpha value is -2.13. The van der Waals surface area contributed by atoms with Gasteiger partial charge >= 0.3 is 5.97 Å². The molecule has 2 aromatic rings. The predicted octanol–water partition coefficient (Wildman–Crippen LogP) is 3.09. The second kappa shape index (κ2) is 7.04. The second-order valence-corrected chi connectivity index (χ2v) is 5.13. The maximum absolute atomic E-state index is 11.6. The van der Waals surface area contributed by atoms with E-state index in [1.807, 2.05) is 12.1 Å². The van der Waals surface area contributed by atoms with Crippen molar-refractivity contribution in [2.24, 2.45) is 5.73 Å². The number of hydrogen-bond acceptors (Lipinski definition) is 3. The van der Waals surface area contributed by atoms with Crippen LogP contribution in [0.3, 0.4) is 0 Å². The van der Waals surface area contributed by atoms with Crippen LogP contribution in [-0.2, 0) is 16.0 Å². The van der Waals surface area contributed by atoms with Gasteiger partial charge in [0.15, 0.2) is 0 Å². The average molecular weight is 283 g/mol. The molecule has 0 aliphatic heterocycles. The Labute approximate surface area is 125 Å². The number of carbonyl (C=O) groups excluding carboxylic acids is 1. The average Bonchev–Trinajstić information content (AvgIpc) is 2.48. The van der Waals surface area contributed by atoms with Gasteiger partial charge < -0.3 is 10.5 Å². The van der Waals surface area contributed by atoms with Gasteiger partial charge in [0.1, 0.15) is 6.04 Å². The Kier molecular flexibility index (Phi) is 5.12. The topological polar surface area (TPSA) is 52.3 Å². The van der Waals surface area contributed by atoms with Gasteiger partial charge in [0.2, 0.25) is 0 Å². The lowest BCUT2D eigenvalue weighted by atomic mass is 9.99. The normalized spacial score (nSPS) is 12.0. The monoisotopic (exact) mass is 283 g/mol. The Morgan fingerprint density at radius 3 is 2.52 bits per heavy atom. The summed E-state index contributed by atoms with van der Waals surface area (Å²) in [6.07, 6.45) is 0.485. The molecule has 2 rings (SSSR count). The zero-order chi connectivity index (χ0) is 15.2. The summed E-state index contributed by atoms with van der Waals surface area (Å²) < 4.78 is 4.94. The fraction of sp³-hybridized carbons (Fsp3) is 0.278. The molecule has 0 aliphatic carbocycles. The SMILES string of the molecule is CCOC(=O)[C@H](N)Cc1cccc(-c2ccc(C)cc2)c1. The van der Waals surface area contributed by atoms with Gasteiger partial charge in [-0.1, -0.05) is 54.1 Å². The minimum absolute atomic E-state index is 0.349. The van der Waals surface area contributed by atoms with Crippen LogP contribution in [0.15, 0.2) is 48.5 Å². The van der Waals surface area contributed by atoms with E-state index in [1.54, 1.807) is 6.92 Å². The molecular weight excluding hydrogens is 262 g/mol. The van der Waals surface area contributed by atoms with Gasteiger partial charge in [0.25, 0.3) is 0 Å². The summed E-state index contributed by atoms with van der Waals surface area (Å²) in [7, 11) is 0. The fourth-order valence-corrected chi connectivity index (χ4v) is 2.21. The molecule has 2 N–H and O–H groups in total. The first-order valence-electron chi connectivity index (χ1n) is 7.18. The number of esters is 1. The summed E-state index contributed by atoms with van der Waals surface area (Å²) in [5.41, 5.74) is 10.4. The van der Waals surface area contributed by atoms with Crippen molar-refractivity contribution in [1.29, 1.82) is 0 Å². The van der Waals surface area contributed by atoms with Crippen LogP contribution in [0.2, 0.25) is 0 Å². The third-order valence-electron chi connectivity index (χ3n) is 3.36. The molecule has 0 saturated carbocycles. The lowest BCUT2D eigenvalue weighted by Gasteiger charge is -2.11. The van der Waals surface area contributed by atoms with Crippen LogP contribution in [0.5, 0.6) is 0 Å². The molecule has 0 fully saturated rings. The summed E-state index contributed by atoms with van der Waals surface area (Å²) in [5.74, 6) is -0.349. The van der Waals surface area contributed by atoms with E-state index >= 15 is 0 Å². The molecule has 0 bridgehead atoms. The molecular formula is C18H21NO2. The van der Waals surface area contributed by atoms with Gasteiger partial charge in [0.05, 0.1) is 6.61 Å². The first-order valence-corrected chi connectivity index (χ1v) is 7.18. The first kappa shape index (κ1) is 15.3. The van der Waals surface area contributed by atoms with Gasteiger partial charge in [-0.05, 0) is 37.0 Å². The molecule has 0 amide bonds. The zero-order valence-electron chi connectivity index (χ0n) is 12.5. The number of rotatable bonds is 5. The molecule has 0 aromatic heterocycles. The Balaban J connectivity index is 2.14. The van der Waals surface area contributed by atoms with E-state index in [4.69, 9.17) is 10.5 Å². The highest BCUT2D eigenvalue weighted by Gasteiger charge is 2.15. The molecule has 0 spiro atoms. The van der Waals surface area contributed by atoms with Crippen molar-refractivity contribution in [3.8, 4) is 11.1 Å². The molecule has 1 atom stereocenters. The van der Waals surface area contributed by atoms with E-state index < -0.39 is 6.04 Å². The molecule has 3 heteroatoms. The second-order valence-electron chi connectivity index (χ2n) is 5.13.